The highest BCUT2D eigenvalue weighted by molar-refractivity contribution is 6.01. The summed E-state index contributed by atoms with van der Waals surface area (Å²) in [6.07, 6.45) is 5.76. The van der Waals surface area contributed by atoms with E-state index in [0.29, 0.717) is 38.4 Å². The lowest BCUT2D eigenvalue weighted by molar-refractivity contribution is 0.0526. The molecule has 3 N–H and O–H groups in total. The summed E-state index contributed by atoms with van der Waals surface area (Å²) < 4.78 is 16.9. The molecular formula is C28H47N3O7. The monoisotopic (exact) mass is 537 g/mol. The molecule has 216 valence electrons. The molecule has 0 atom stereocenters. The highest BCUT2D eigenvalue weighted by atomic mass is 16.6. The number of carbonyl (C=O) groups excluding carboxylic acids is 2. The lowest BCUT2D eigenvalue weighted by Crippen LogP contribution is -2.33. The van der Waals surface area contributed by atoms with Gasteiger partial charge in [0.1, 0.15) is 22.7 Å². The third-order valence-electron chi connectivity index (χ3n) is 5.40. The van der Waals surface area contributed by atoms with Crippen LogP contribution in [-0.4, -0.2) is 80.5 Å². The first-order valence-corrected chi connectivity index (χ1v) is 13.5. The average Bonchev–Trinajstić information content (AvgIpc) is 2.81. The summed E-state index contributed by atoms with van der Waals surface area (Å²) >= 11 is 0. The highest BCUT2D eigenvalue weighted by Gasteiger charge is 2.21. The van der Waals surface area contributed by atoms with Crippen molar-refractivity contribution >= 4 is 18.0 Å². The molecule has 2 amide bonds. The second-order valence-corrected chi connectivity index (χ2v) is 10.5. The van der Waals surface area contributed by atoms with E-state index in [0.717, 1.165) is 38.5 Å². The Labute approximate surface area is 227 Å². The molecule has 1 aromatic carbocycles. The van der Waals surface area contributed by atoms with E-state index >= 15 is 0 Å². The van der Waals surface area contributed by atoms with Crippen LogP contribution in [-0.2, 0) is 4.74 Å². The average molecular weight is 538 g/mol. The van der Waals surface area contributed by atoms with Crippen molar-refractivity contribution in [3.63, 3.8) is 0 Å². The molecule has 38 heavy (non-hydrogen) atoms. The fourth-order valence-electron chi connectivity index (χ4n) is 3.43. The Balaban J connectivity index is 2.80. The molecule has 0 aromatic heterocycles. The number of hydrogen-bond acceptors (Lipinski definition) is 7. The zero-order valence-corrected chi connectivity index (χ0v) is 24.0. The molecule has 1 aromatic rings. The van der Waals surface area contributed by atoms with Crippen LogP contribution in [0.2, 0.25) is 0 Å². The molecule has 0 aliphatic carbocycles. The Morgan fingerprint density at radius 2 is 1.45 bits per heavy atom. The first-order valence-electron chi connectivity index (χ1n) is 13.5. The van der Waals surface area contributed by atoms with Crippen molar-refractivity contribution in [2.75, 3.05) is 46.9 Å². The van der Waals surface area contributed by atoms with E-state index in [-0.39, 0.29) is 29.4 Å². The molecule has 0 saturated heterocycles. The van der Waals surface area contributed by atoms with Crippen LogP contribution in [0.25, 0.3) is 0 Å². The van der Waals surface area contributed by atoms with E-state index in [1.54, 1.807) is 0 Å². The number of ether oxygens (including phenoxy) is 3. The minimum atomic E-state index is -1.18. The summed E-state index contributed by atoms with van der Waals surface area (Å²) in [7, 11) is 3.81. The van der Waals surface area contributed by atoms with E-state index < -0.39 is 17.7 Å². The van der Waals surface area contributed by atoms with Gasteiger partial charge < -0.3 is 34.9 Å². The van der Waals surface area contributed by atoms with E-state index in [9.17, 15) is 19.5 Å². The van der Waals surface area contributed by atoms with Gasteiger partial charge in [0.05, 0.1) is 18.8 Å². The van der Waals surface area contributed by atoms with Crippen molar-refractivity contribution in [2.24, 2.45) is 0 Å². The number of benzene rings is 1. The Kier molecular flexibility index (Phi) is 15.2. The van der Waals surface area contributed by atoms with Crippen LogP contribution in [0.15, 0.2) is 12.1 Å². The smallest absolute Gasteiger partial charge is 0.407 e. The van der Waals surface area contributed by atoms with Crippen LogP contribution in [0.3, 0.4) is 0 Å². The zero-order chi connectivity index (χ0) is 28.6. The van der Waals surface area contributed by atoms with Gasteiger partial charge in [-0.15, -0.1) is 0 Å². The molecule has 0 aliphatic heterocycles. The number of unbranched alkanes of at least 4 members (excludes halogenated alkanes) is 5. The first-order chi connectivity index (χ1) is 17.9. The van der Waals surface area contributed by atoms with Gasteiger partial charge in [0, 0.05) is 25.7 Å². The maximum atomic E-state index is 12.9. The van der Waals surface area contributed by atoms with E-state index in [2.05, 4.69) is 17.6 Å². The summed E-state index contributed by atoms with van der Waals surface area (Å²) in [6.45, 7) is 9.81. The fourth-order valence-corrected chi connectivity index (χ4v) is 3.43. The van der Waals surface area contributed by atoms with Gasteiger partial charge in [-0.05, 0) is 66.6 Å². The topological polar surface area (TPSA) is 126 Å². The molecular weight excluding hydrogens is 490 g/mol. The number of hydrogen-bond donors (Lipinski definition) is 3. The van der Waals surface area contributed by atoms with Crippen LogP contribution in [0.1, 0.15) is 93.4 Å². The minimum absolute atomic E-state index is 0.0901. The van der Waals surface area contributed by atoms with Gasteiger partial charge in [-0.25, -0.2) is 9.59 Å². The minimum Gasteiger partial charge on any atom is -0.493 e. The SMILES string of the molecule is CCCCCCOc1cc(OCCCCCNC(=O)OC(C)(C)C)c(C(=O)O)cc1C(=O)NCCN(C)C. The molecule has 0 bridgehead atoms. The van der Waals surface area contributed by atoms with E-state index in [1.165, 1.54) is 12.1 Å². The van der Waals surface area contributed by atoms with Gasteiger partial charge in [-0.2, -0.15) is 0 Å². The molecule has 0 aliphatic rings. The predicted molar refractivity (Wildman–Crippen MR) is 148 cm³/mol. The van der Waals surface area contributed by atoms with Crippen molar-refractivity contribution in [1.82, 2.24) is 15.5 Å². The molecule has 10 nitrogen and oxygen atoms in total. The van der Waals surface area contributed by atoms with Crippen molar-refractivity contribution in [3.05, 3.63) is 23.3 Å². The van der Waals surface area contributed by atoms with Gasteiger partial charge in [-0.3, -0.25) is 4.79 Å². The van der Waals surface area contributed by atoms with E-state index in [4.69, 9.17) is 14.2 Å². The highest BCUT2D eigenvalue weighted by Crippen LogP contribution is 2.30. The van der Waals surface area contributed by atoms with Crippen LogP contribution >= 0.6 is 0 Å². The van der Waals surface area contributed by atoms with Gasteiger partial charge in [0.2, 0.25) is 0 Å². The Morgan fingerprint density at radius 3 is 2.00 bits per heavy atom. The van der Waals surface area contributed by atoms with Crippen molar-refractivity contribution in [3.8, 4) is 11.5 Å². The van der Waals surface area contributed by atoms with Crippen LogP contribution in [0.4, 0.5) is 4.79 Å². The maximum Gasteiger partial charge on any atom is 0.407 e. The lowest BCUT2D eigenvalue weighted by Gasteiger charge is -2.19. The number of likely N-dealkylation sites (N-methyl/N-ethyl adjacent to an activating group) is 1. The molecule has 1 rings (SSSR count). The number of aromatic carboxylic acids is 1. The number of alkyl carbamates (subject to hydrolysis) is 1. The number of nitrogens with one attached hydrogen (secondary N) is 2. The molecule has 0 radical (unpaired) electrons. The van der Waals surface area contributed by atoms with E-state index in [1.807, 2.05) is 39.8 Å². The molecule has 0 unspecified atom stereocenters. The lowest BCUT2D eigenvalue weighted by atomic mass is 10.1. The Morgan fingerprint density at radius 1 is 0.842 bits per heavy atom. The molecule has 0 heterocycles. The Hall–Kier alpha value is -3.01. The number of nitrogens with zero attached hydrogens (tertiary/aromatic N) is 1. The maximum absolute atomic E-state index is 12.9. The number of carboxylic acid groups (broad SMARTS) is 1. The standard InChI is InChI=1S/C28H47N3O7/c1-7-8-9-12-17-36-23-20-24(37-18-13-10-11-14-30-27(35)38-28(2,3)4)22(26(33)34)19-21(23)25(32)29-15-16-31(5)6/h19-20H,7-18H2,1-6H3,(H,29,32)(H,30,35)(H,33,34). The van der Waals surface area contributed by atoms with Gasteiger partial charge in [-0.1, -0.05) is 26.2 Å². The molecule has 0 saturated carbocycles. The van der Waals surface area contributed by atoms with Crippen molar-refractivity contribution < 1.29 is 33.7 Å². The van der Waals surface area contributed by atoms with Crippen molar-refractivity contribution in [1.29, 1.82) is 0 Å². The van der Waals surface area contributed by atoms with Gasteiger partial charge in [0.15, 0.2) is 0 Å². The largest absolute Gasteiger partial charge is 0.493 e. The second kappa shape index (κ2) is 17.5. The number of carboxylic acids is 1. The number of carbonyl (C=O) groups is 3. The normalized spacial score (nSPS) is 11.2. The van der Waals surface area contributed by atoms with Gasteiger partial charge >= 0.3 is 12.1 Å². The number of amides is 2. The second-order valence-electron chi connectivity index (χ2n) is 10.5. The van der Waals surface area contributed by atoms with Crippen LogP contribution < -0.4 is 20.1 Å². The van der Waals surface area contributed by atoms with Crippen LogP contribution in [0.5, 0.6) is 11.5 Å². The van der Waals surface area contributed by atoms with Crippen LogP contribution in [0, 0.1) is 0 Å². The van der Waals surface area contributed by atoms with Gasteiger partial charge in [0.25, 0.3) is 5.91 Å². The predicted octanol–water partition coefficient (Wildman–Crippen LogP) is 4.71. The quantitative estimate of drug-likeness (QED) is 0.230. The third kappa shape index (κ3) is 14.1. The summed E-state index contributed by atoms with van der Waals surface area (Å²) in [5.74, 6) is -1.09. The summed E-state index contributed by atoms with van der Waals surface area (Å²) in [5, 5.41) is 15.3. The third-order valence-corrected chi connectivity index (χ3v) is 5.40. The Bertz CT molecular complexity index is 882. The summed E-state index contributed by atoms with van der Waals surface area (Å²) in [6, 6.07) is 2.84. The molecule has 0 spiro atoms. The fraction of sp³-hybridized carbons (Fsp3) is 0.679. The summed E-state index contributed by atoms with van der Waals surface area (Å²) in [4.78, 5) is 38.5. The number of rotatable bonds is 18. The van der Waals surface area contributed by atoms with Crippen molar-refractivity contribution in [2.45, 2.75) is 78.2 Å². The zero-order valence-electron chi connectivity index (χ0n) is 24.0. The summed E-state index contributed by atoms with van der Waals surface area (Å²) in [5.41, 5.74) is -0.454. The molecule has 10 heteroatoms. The molecule has 0 fully saturated rings. The first kappa shape index (κ1) is 33.0.